The molecule has 1 aromatic carbocycles. The van der Waals surface area contributed by atoms with E-state index >= 15 is 0 Å². The van der Waals surface area contributed by atoms with E-state index in [4.69, 9.17) is 4.74 Å². The van der Waals surface area contributed by atoms with Crippen LogP contribution in [0.5, 0.6) is 0 Å². The van der Waals surface area contributed by atoms with E-state index in [0.717, 1.165) is 17.1 Å². The highest BCUT2D eigenvalue weighted by Crippen LogP contribution is 2.31. The molecule has 6 heteroatoms. The Morgan fingerprint density at radius 1 is 1.27 bits per heavy atom. The fourth-order valence-electron chi connectivity index (χ4n) is 1.90. The van der Waals surface area contributed by atoms with Gasteiger partial charge in [-0.1, -0.05) is 29.8 Å². The summed E-state index contributed by atoms with van der Waals surface area (Å²) >= 11 is 1.36. The third-order valence-electron chi connectivity index (χ3n) is 3.05. The average molecular weight is 319 g/mol. The van der Waals surface area contributed by atoms with Crippen molar-refractivity contribution in [1.82, 2.24) is 10.3 Å². The minimum atomic E-state index is -0.328. The van der Waals surface area contributed by atoms with E-state index in [0.29, 0.717) is 23.8 Å². The maximum absolute atomic E-state index is 12.1. The van der Waals surface area contributed by atoms with E-state index in [9.17, 15) is 4.79 Å². The largest absolute Gasteiger partial charge is 0.462 e. The lowest BCUT2D eigenvalue weighted by Crippen LogP contribution is -2.19. The number of thiazole rings is 1. The number of anilines is 1. The normalized spacial score (nSPS) is 10.5. The van der Waals surface area contributed by atoms with Crippen LogP contribution in [0, 0.1) is 6.92 Å². The molecular formula is C16H21N3O2S. The number of hydrogen-bond donors (Lipinski definition) is 2. The topological polar surface area (TPSA) is 63.2 Å². The Balaban J connectivity index is 2.29. The number of carbonyl (C=O) groups excluding carboxylic acids is 1. The van der Waals surface area contributed by atoms with Crippen LogP contribution in [-0.4, -0.2) is 37.7 Å². The minimum absolute atomic E-state index is 0.328. The van der Waals surface area contributed by atoms with Crippen molar-refractivity contribution in [3.05, 3.63) is 34.7 Å². The monoisotopic (exact) mass is 319 g/mol. The summed E-state index contributed by atoms with van der Waals surface area (Å²) in [6.45, 7) is 5.68. The van der Waals surface area contributed by atoms with Crippen LogP contribution in [0.2, 0.25) is 0 Å². The number of aryl methyl sites for hydroxylation is 1. The van der Waals surface area contributed by atoms with Gasteiger partial charge in [-0.15, -0.1) is 11.3 Å². The van der Waals surface area contributed by atoms with E-state index in [1.54, 1.807) is 6.92 Å². The number of rotatable bonds is 7. The molecule has 0 amide bonds. The number of benzene rings is 1. The predicted octanol–water partition coefficient (Wildman–Crippen LogP) is 2.93. The Morgan fingerprint density at radius 2 is 2.00 bits per heavy atom. The van der Waals surface area contributed by atoms with Crippen LogP contribution in [0.25, 0.3) is 10.6 Å². The first-order valence-electron chi connectivity index (χ1n) is 7.29. The van der Waals surface area contributed by atoms with Crippen molar-refractivity contribution in [2.75, 3.05) is 32.1 Å². The maximum Gasteiger partial charge on any atom is 0.352 e. The van der Waals surface area contributed by atoms with E-state index in [-0.39, 0.29) is 5.97 Å². The molecule has 0 saturated heterocycles. The summed E-state index contributed by atoms with van der Waals surface area (Å²) in [5.74, 6) is 0.264. The van der Waals surface area contributed by atoms with Crippen molar-refractivity contribution >= 4 is 23.1 Å². The zero-order valence-corrected chi connectivity index (χ0v) is 13.9. The highest BCUT2D eigenvalue weighted by Gasteiger charge is 2.19. The summed E-state index contributed by atoms with van der Waals surface area (Å²) in [6.07, 6.45) is 0. The zero-order chi connectivity index (χ0) is 15.9. The summed E-state index contributed by atoms with van der Waals surface area (Å²) in [6, 6.07) is 8.10. The summed E-state index contributed by atoms with van der Waals surface area (Å²) in [4.78, 5) is 17.2. The molecule has 0 spiro atoms. The SMILES string of the molecule is CCOC(=O)c1sc(-c2ccc(C)cc2)nc1NCCNC. The Labute approximate surface area is 134 Å². The molecule has 2 aromatic rings. The van der Waals surface area contributed by atoms with Crippen molar-refractivity contribution in [3.63, 3.8) is 0 Å². The molecule has 0 bridgehead atoms. The summed E-state index contributed by atoms with van der Waals surface area (Å²) in [5.41, 5.74) is 2.20. The maximum atomic E-state index is 12.1. The van der Waals surface area contributed by atoms with Crippen molar-refractivity contribution in [1.29, 1.82) is 0 Å². The molecule has 0 aliphatic carbocycles. The van der Waals surface area contributed by atoms with Crippen molar-refractivity contribution < 1.29 is 9.53 Å². The first kappa shape index (κ1) is 16.5. The van der Waals surface area contributed by atoms with Gasteiger partial charge in [0, 0.05) is 18.7 Å². The second-order valence-electron chi connectivity index (χ2n) is 4.81. The van der Waals surface area contributed by atoms with Crippen LogP contribution >= 0.6 is 11.3 Å². The molecule has 0 unspecified atom stereocenters. The Hall–Kier alpha value is -1.92. The van der Waals surface area contributed by atoms with Gasteiger partial charge in [-0.3, -0.25) is 0 Å². The number of hydrogen-bond acceptors (Lipinski definition) is 6. The Kier molecular flexibility index (Phi) is 5.91. The lowest BCUT2D eigenvalue weighted by atomic mass is 10.2. The van der Waals surface area contributed by atoms with Crippen LogP contribution in [0.15, 0.2) is 24.3 Å². The summed E-state index contributed by atoms with van der Waals surface area (Å²) in [7, 11) is 1.88. The number of ether oxygens (including phenoxy) is 1. The second-order valence-corrected chi connectivity index (χ2v) is 5.81. The van der Waals surface area contributed by atoms with Gasteiger partial charge in [-0.2, -0.15) is 0 Å². The van der Waals surface area contributed by atoms with E-state index in [1.165, 1.54) is 16.9 Å². The first-order chi connectivity index (χ1) is 10.7. The van der Waals surface area contributed by atoms with Gasteiger partial charge in [0.25, 0.3) is 0 Å². The van der Waals surface area contributed by atoms with E-state index in [2.05, 4.69) is 15.6 Å². The number of nitrogens with zero attached hydrogens (tertiary/aromatic N) is 1. The predicted molar refractivity (Wildman–Crippen MR) is 90.7 cm³/mol. The Morgan fingerprint density at radius 3 is 2.64 bits per heavy atom. The van der Waals surface area contributed by atoms with Crippen molar-refractivity contribution in [3.8, 4) is 10.6 Å². The van der Waals surface area contributed by atoms with Crippen LogP contribution in [-0.2, 0) is 4.74 Å². The Bertz CT molecular complexity index is 623. The number of likely N-dealkylation sites (N-methyl/N-ethyl adjacent to an activating group) is 1. The molecule has 5 nitrogen and oxygen atoms in total. The van der Waals surface area contributed by atoms with Crippen LogP contribution in [0.4, 0.5) is 5.82 Å². The third-order valence-corrected chi connectivity index (χ3v) is 4.14. The number of nitrogens with one attached hydrogen (secondary N) is 2. The molecule has 0 fully saturated rings. The lowest BCUT2D eigenvalue weighted by molar-refractivity contribution is 0.0533. The molecule has 0 aliphatic heterocycles. The fraction of sp³-hybridized carbons (Fsp3) is 0.375. The molecule has 22 heavy (non-hydrogen) atoms. The van der Waals surface area contributed by atoms with Gasteiger partial charge in [0.15, 0.2) is 10.7 Å². The van der Waals surface area contributed by atoms with E-state index < -0.39 is 0 Å². The molecule has 2 N–H and O–H groups in total. The van der Waals surface area contributed by atoms with Gasteiger partial charge in [-0.25, -0.2) is 9.78 Å². The standard InChI is InChI=1S/C16H21N3O2S/c1-4-21-16(20)13-14(18-10-9-17-3)19-15(22-13)12-7-5-11(2)6-8-12/h5-8,17-18H,4,9-10H2,1-3H3. The van der Waals surface area contributed by atoms with Gasteiger partial charge in [0.2, 0.25) is 0 Å². The van der Waals surface area contributed by atoms with Gasteiger partial charge in [0.1, 0.15) is 5.01 Å². The molecule has 0 atom stereocenters. The molecule has 2 rings (SSSR count). The van der Waals surface area contributed by atoms with Gasteiger partial charge < -0.3 is 15.4 Å². The number of esters is 1. The molecule has 1 heterocycles. The van der Waals surface area contributed by atoms with Crippen molar-refractivity contribution in [2.24, 2.45) is 0 Å². The van der Waals surface area contributed by atoms with Crippen molar-refractivity contribution in [2.45, 2.75) is 13.8 Å². The quantitative estimate of drug-likeness (QED) is 0.607. The highest BCUT2D eigenvalue weighted by molar-refractivity contribution is 7.17. The molecule has 0 saturated carbocycles. The van der Waals surface area contributed by atoms with Crippen LogP contribution in [0.1, 0.15) is 22.2 Å². The minimum Gasteiger partial charge on any atom is -0.462 e. The van der Waals surface area contributed by atoms with Gasteiger partial charge >= 0.3 is 5.97 Å². The molecular weight excluding hydrogens is 298 g/mol. The molecule has 0 radical (unpaired) electrons. The number of carbonyl (C=O) groups is 1. The zero-order valence-electron chi connectivity index (χ0n) is 13.1. The molecule has 118 valence electrons. The van der Waals surface area contributed by atoms with Gasteiger partial charge in [0.05, 0.1) is 6.61 Å². The molecule has 0 aliphatic rings. The smallest absolute Gasteiger partial charge is 0.352 e. The summed E-state index contributed by atoms with van der Waals surface area (Å²) < 4.78 is 5.12. The molecule has 1 aromatic heterocycles. The fourth-order valence-corrected chi connectivity index (χ4v) is 2.84. The van der Waals surface area contributed by atoms with Crippen LogP contribution in [0.3, 0.4) is 0 Å². The third kappa shape index (κ3) is 4.05. The highest BCUT2D eigenvalue weighted by atomic mass is 32.1. The lowest BCUT2D eigenvalue weighted by Gasteiger charge is -2.05. The summed E-state index contributed by atoms with van der Waals surface area (Å²) in [5, 5.41) is 7.06. The first-order valence-corrected chi connectivity index (χ1v) is 8.10. The van der Waals surface area contributed by atoms with E-state index in [1.807, 2.05) is 38.2 Å². The van der Waals surface area contributed by atoms with Gasteiger partial charge in [-0.05, 0) is 20.9 Å². The average Bonchev–Trinajstić information content (AvgIpc) is 2.93. The van der Waals surface area contributed by atoms with Crippen LogP contribution < -0.4 is 10.6 Å². The second kappa shape index (κ2) is 7.91. The number of aromatic nitrogens is 1.